The maximum absolute atomic E-state index is 9.19. The Kier molecular flexibility index (Phi) is 7.11. The quantitative estimate of drug-likeness (QED) is 0.534. The van der Waals surface area contributed by atoms with Crippen LogP contribution in [0.4, 0.5) is 0 Å². The Morgan fingerprint density at radius 2 is 0.833 bits per heavy atom. The van der Waals surface area contributed by atoms with Gasteiger partial charge in [-0.25, -0.2) is 0 Å². The first-order chi connectivity index (χ1) is 7.37. The SMILES string of the molecule is CC(C)(C)P(C(C)(C)C)C(C)(C)C.CS(=O)(=O)O. The van der Waals surface area contributed by atoms with Crippen LogP contribution in [0, 0.1) is 0 Å². The van der Waals surface area contributed by atoms with E-state index in [-0.39, 0.29) is 7.92 Å². The third-order valence-corrected chi connectivity index (χ3v) is 6.04. The van der Waals surface area contributed by atoms with E-state index in [9.17, 15) is 8.42 Å². The Labute approximate surface area is 115 Å². The van der Waals surface area contributed by atoms with Crippen molar-refractivity contribution >= 4 is 18.0 Å². The molecule has 1 N–H and O–H groups in total. The van der Waals surface area contributed by atoms with Crippen molar-refractivity contribution in [3.05, 3.63) is 0 Å². The van der Waals surface area contributed by atoms with E-state index in [1.165, 1.54) is 0 Å². The van der Waals surface area contributed by atoms with Crippen molar-refractivity contribution in [2.45, 2.75) is 77.8 Å². The molecule has 0 aromatic carbocycles. The molecule has 0 aromatic heterocycles. The average molecular weight is 298 g/mol. The van der Waals surface area contributed by atoms with Crippen molar-refractivity contribution in [2.24, 2.45) is 0 Å². The fraction of sp³-hybridized carbons (Fsp3) is 1.00. The molecule has 18 heavy (non-hydrogen) atoms. The molecule has 0 spiro atoms. The topological polar surface area (TPSA) is 54.4 Å². The van der Waals surface area contributed by atoms with Gasteiger partial charge < -0.3 is 0 Å². The minimum Gasteiger partial charge on any atom is -0.286 e. The molecule has 0 atom stereocenters. The molecular weight excluding hydrogens is 267 g/mol. The van der Waals surface area contributed by atoms with Crippen LogP contribution in [0.15, 0.2) is 0 Å². The largest absolute Gasteiger partial charge is 0.286 e. The lowest BCUT2D eigenvalue weighted by atomic mass is 10.2. The second-order valence-corrected chi connectivity index (χ2v) is 13.7. The van der Waals surface area contributed by atoms with Gasteiger partial charge in [-0.2, -0.15) is 8.42 Å². The second kappa shape index (κ2) is 6.19. The lowest BCUT2D eigenvalue weighted by Gasteiger charge is -2.49. The smallest absolute Gasteiger partial charge is 0.261 e. The van der Waals surface area contributed by atoms with Crippen LogP contribution < -0.4 is 0 Å². The van der Waals surface area contributed by atoms with E-state index in [4.69, 9.17) is 4.55 Å². The summed E-state index contributed by atoms with van der Waals surface area (Å²) in [7, 11) is -3.65. The summed E-state index contributed by atoms with van der Waals surface area (Å²) in [6.45, 7) is 21.5. The van der Waals surface area contributed by atoms with Gasteiger partial charge in [-0.05, 0) is 15.5 Å². The lowest BCUT2D eigenvalue weighted by molar-refractivity contribution is 0.490. The minimum atomic E-state index is -3.67. The number of hydrogen-bond donors (Lipinski definition) is 1. The highest BCUT2D eigenvalue weighted by Gasteiger charge is 2.41. The molecule has 0 saturated carbocycles. The van der Waals surface area contributed by atoms with E-state index in [0.29, 0.717) is 21.7 Å². The van der Waals surface area contributed by atoms with Gasteiger partial charge in [-0.3, -0.25) is 4.55 Å². The monoisotopic (exact) mass is 298 g/mol. The molecule has 0 aliphatic rings. The first kappa shape index (κ1) is 20.7. The number of hydrogen-bond acceptors (Lipinski definition) is 2. The fourth-order valence-electron chi connectivity index (χ4n) is 3.02. The van der Waals surface area contributed by atoms with Crippen molar-refractivity contribution in [2.75, 3.05) is 6.26 Å². The molecule has 0 unspecified atom stereocenters. The minimum absolute atomic E-state index is 0.0162. The van der Waals surface area contributed by atoms with E-state index in [0.717, 1.165) is 0 Å². The summed E-state index contributed by atoms with van der Waals surface area (Å²) in [6.07, 6.45) is 0.715. The van der Waals surface area contributed by atoms with Gasteiger partial charge in [0.2, 0.25) is 0 Å². The van der Waals surface area contributed by atoms with Crippen LogP contribution in [0.3, 0.4) is 0 Å². The van der Waals surface area contributed by atoms with Crippen LogP contribution in [0.2, 0.25) is 0 Å². The molecule has 0 aliphatic carbocycles. The highest BCUT2D eigenvalue weighted by molar-refractivity contribution is 7.85. The zero-order chi connectivity index (χ0) is 15.6. The zero-order valence-corrected chi connectivity index (χ0v) is 15.3. The predicted octanol–water partition coefficient (Wildman–Crippen LogP) is 4.37. The Hall–Kier alpha value is 0.340. The van der Waals surface area contributed by atoms with Gasteiger partial charge in [0.15, 0.2) is 0 Å². The summed E-state index contributed by atoms with van der Waals surface area (Å²) in [4.78, 5) is 0. The highest BCUT2D eigenvalue weighted by Crippen LogP contribution is 2.66. The van der Waals surface area contributed by atoms with E-state index in [1.54, 1.807) is 0 Å². The summed E-state index contributed by atoms with van der Waals surface area (Å²) in [5.74, 6) is 0. The van der Waals surface area contributed by atoms with Crippen LogP contribution in [-0.4, -0.2) is 34.7 Å². The zero-order valence-electron chi connectivity index (χ0n) is 13.6. The van der Waals surface area contributed by atoms with Gasteiger partial charge in [0.05, 0.1) is 6.26 Å². The average Bonchev–Trinajstić information content (AvgIpc) is 1.65. The molecular formula is C13H31O3PS. The maximum Gasteiger partial charge on any atom is 0.261 e. The second-order valence-electron chi connectivity index (χ2n) is 7.58. The summed E-state index contributed by atoms with van der Waals surface area (Å²) < 4.78 is 25.9. The molecule has 0 aliphatic heterocycles. The Morgan fingerprint density at radius 1 is 0.722 bits per heavy atom. The van der Waals surface area contributed by atoms with Gasteiger partial charge in [-0.1, -0.05) is 70.2 Å². The van der Waals surface area contributed by atoms with E-state index < -0.39 is 10.1 Å². The van der Waals surface area contributed by atoms with Crippen LogP contribution in [0.25, 0.3) is 0 Å². The molecule has 0 rings (SSSR count). The van der Waals surface area contributed by atoms with Gasteiger partial charge in [0.1, 0.15) is 0 Å². The lowest BCUT2D eigenvalue weighted by Crippen LogP contribution is -2.34. The summed E-state index contributed by atoms with van der Waals surface area (Å²) in [6, 6.07) is 0. The molecule has 0 fully saturated rings. The summed E-state index contributed by atoms with van der Waals surface area (Å²) in [5.41, 5.74) is 0. The highest BCUT2D eigenvalue weighted by atomic mass is 32.2. The normalized spacial score (nSPS) is 14.2. The van der Waals surface area contributed by atoms with Crippen molar-refractivity contribution in [3.63, 3.8) is 0 Å². The Bertz CT molecular complexity index is 299. The first-order valence-electron chi connectivity index (χ1n) is 6.09. The molecule has 5 heteroatoms. The standard InChI is InChI=1S/C12H27P.CH4O3S/c1-10(2,3)13(11(4,5)6)12(7,8)9;1-5(2,3)4/h1-9H3;1H3,(H,2,3,4). The van der Waals surface area contributed by atoms with Crippen LogP contribution in [-0.2, 0) is 10.1 Å². The van der Waals surface area contributed by atoms with Crippen molar-refractivity contribution in [3.8, 4) is 0 Å². The number of rotatable bonds is 0. The first-order valence-corrected chi connectivity index (χ1v) is 9.28. The van der Waals surface area contributed by atoms with E-state index in [2.05, 4.69) is 62.3 Å². The van der Waals surface area contributed by atoms with Crippen molar-refractivity contribution in [1.82, 2.24) is 0 Å². The molecule has 0 saturated heterocycles. The molecule has 0 bridgehead atoms. The van der Waals surface area contributed by atoms with Gasteiger partial charge in [-0.15, -0.1) is 0 Å². The molecule has 0 amide bonds. The summed E-state index contributed by atoms with van der Waals surface area (Å²) >= 11 is 0. The molecule has 0 aromatic rings. The Balaban J connectivity index is 0. The Morgan fingerprint density at radius 3 is 0.833 bits per heavy atom. The third-order valence-electron chi connectivity index (χ3n) is 2.01. The van der Waals surface area contributed by atoms with E-state index >= 15 is 0 Å². The van der Waals surface area contributed by atoms with Gasteiger partial charge >= 0.3 is 0 Å². The third kappa shape index (κ3) is 11.4. The predicted molar refractivity (Wildman–Crippen MR) is 83.7 cm³/mol. The van der Waals surface area contributed by atoms with E-state index in [1.807, 2.05) is 0 Å². The van der Waals surface area contributed by atoms with Gasteiger partial charge in [0, 0.05) is 0 Å². The maximum atomic E-state index is 9.19. The van der Waals surface area contributed by atoms with Crippen LogP contribution >= 0.6 is 7.92 Å². The van der Waals surface area contributed by atoms with Crippen molar-refractivity contribution < 1.29 is 13.0 Å². The van der Waals surface area contributed by atoms with Crippen LogP contribution in [0.1, 0.15) is 62.3 Å². The fourth-order valence-corrected chi connectivity index (χ4v) is 9.06. The van der Waals surface area contributed by atoms with Crippen LogP contribution in [0.5, 0.6) is 0 Å². The summed E-state index contributed by atoms with van der Waals surface area (Å²) in [5, 5.41) is 1.35. The molecule has 0 heterocycles. The molecule has 3 nitrogen and oxygen atoms in total. The van der Waals surface area contributed by atoms with Crippen molar-refractivity contribution in [1.29, 1.82) is 0 Å². The van der Waals surface area contributed by atoms with Gasteiger partial charge in [0.25, 0.3) is 10.1 Å². The molecule has 0 radical (unpaired) electrons. The molecule has 112 valence electrons.